The molecule has 1 unspecified atom stereocenters. The van der Waals surface area contributed by atoms with Crippen molar-refractivity contribution in [2.75, 3.05) is 20.3 Å². The van der Waals surface area contributed by atoms with Crippen LogP contribution >= 0.6 is 0 Å². The van der Waals surface area contributed by atoms with Crippen LogP contribution in [0.1, 0.15) is 25.2 Å². The molecular formula is C12H23N3O. The maximum Gasteiger partial charge on any atom is 0.0619 e. The maximum atomic E-state index is 5.22. The van der Waals surface area contributed by atoms with Crippen LogP contribution in [0.4, 0.5) is 0 Å². The number of aryl methyl sites for hydroxylation is 2. The summed E-state index contributed by atoms with van der Waals surface area (Å²) in [6.45, 7) is 8.90. The van der Waals surface area contributed by atoms with Gasteiger partial charge in [0.25, 0.3) is 0 Å². The van der Waals surface area contributed by atoms with Crippen LogP contribution in [0.2, 0.25) is 0 Å². The normalized spacial score (nSPS) is 13.0. The monoisotopic (exact) mass is 225 g/mol. The molecule has 1 aromatic heterocycles. The molecular weight excluding hydrogens is 202 g/mol. The van der Waals surface area contributed by atoms with Crippen molar-refractivity contribution in [2.24, 2.45) is 0 Å². The van der Waals surface area contributed by atoms with E-state index in [0.717, 1.165) is 31.8 Å². The first-order valence-electron chi connectivity index (χ1n) is 5.96. The minimum absolute atomic E-state index is 0.372. The van der Waals surface area contributed by atoms with Gasteiger partial charge in [0.1, 0.15) is 0 Å². The lowest BCUT2D eigenvalue weighted by Crippen LogP contribution is -2.35. The molecule has 0 saturated carbocycles. The number of aromatic nitrogens is 2. The molecule has 16 heavy (non-hydrogen) atoms. The number of likely N-dealkylation sites (N-methyl/N-ethyl adjacent to an activating group) is 1. The number of nitrogens with one attached hydrogen (secondary N) is 1. The molecule has 1 N–H and O–H groups in total. The van der Waals surface area contributed by atoms with Gasteiger partial charge in [0.05, 0.1) is 12.3 Å². The molecule has 0 amide bonds. The van der Waals surface area contributed by atoms with Gasteiger partial charge in [0, 0.05) is 31.8 Å². The van der Waals surface area contributed by atoms with E-state index in [9.17, 15) is 0 Å². The van der Waals surface area contributed by atoms with Gasteiger partial charge in [-0.05, 0) is 26.5 Å². The van der Waals surface area contributed by atoms with Gasteiger partial charge < -0.3 is 10.1 Å². The van der Waals surface area contributed by atoms with Crippen LogP contribution in [0.5, 0.6) is 0 Å². The average molecular weight is 225 g/mol. The Morgan fingerprint density at radius 3 is 2.81 bits per heavy atom. The van der Waals surface area contributed by atoms with Crippen molar-refractivity contribution >= 4 is 0 Å². The van der Waals surface area contributed by atoms with Gasteiger partial charge >= 0.3 is 0 Å². The zero-order valence-electron chi connectivity index (χ0n) is 10.8. The van der Waals surface area contributed by atoms with Crippen molar-refractivity contribution in [1.82, 2.24) is 15.1 Å². The van der Waals surface area contributed by atoms with Crippen LogP contribution in [-0.2, 0) is 17.7 Å². The van der Waals surface area contributed by atoms with E-state index < -0.39 is 0 Å². The highest BCUT2D eigenvalue weighted by molar-refractivity contribution is 5.10. The van der Waals surface area contributed by atoms with E-state index in [-0.39, 0.29) is 0 Å². The van der Waals surface area contributed by atoms with E-state index in [4.69, 9.17) is 4.74 Å². The summed E-state index contributed by atoms with van der Waals surface area (Å²) in [7, 11) is 1.74. The minimum atomic E-state index is 0.372. The van der Waals surface area contributed by atoms with E-state index in [1.807, 2.05) is 6.92 Å². The van der Waals surface area contributed by atoms with Crippen LogP contribution in [0, 0.1) is 6.92 Å². The molecule has 0 spiro atoms. The molecule has 0 fully saturated rings. The highest BCUT2D eigenvalue weighted by Gasteiger charge is 2.12. The van der Waals surface area contributed by atoms with Crippen LogP contribution < -0.4 is 5.32 Å². The molecule has 0 aliphatic carbocycles. The summed E-state index contributed by atoms with van der Waals surface area (Å²) in [5, 5.41) is 7.88. The number of ether oxygens (including phenoxy) is 1. The fourth-order valence-electron chi connectivity index (χ4n) is 1.97. The van der Waals surface area contributed by atoms with Crippen molar-refractivity contribution in [2.45, 2.75) is 39.8 Å². The fraction of sp³-hybridized carbons (Fsp3) is 0.750. The standard InChI is InChI=1S/C12H23N3O/c1-5-13-11(9-16-4)8-12-7-10(3)14-15(12)6-2/h7,11,13H,5-6,8-9H2,1-4H3. The highest BCUT2D eigenvalue weighted by Crippen LogP contribution is 2.07. The van der Waals surface area contributed by atoms with Crippen LogP contribution in [0.15, 0.2) is 6.07 Å². The van der Waals surface area contributed by atoms with E-state index in [1.54, 1.807) is 7.11 Å². The van der Waals surface area contributed by atoms with Gasteiger partial charge in [-0.15, -0.1) is 0 Å². The first-order valence-corrected chi connectivity index (χ1v) is 5.96. The highest BCUT2D eigenvalue weighted by atomic mass is 16.5. The smallest absolute Gasteiger partial charge is 0.0619 e. The molecule has 1 heterocycles. The second-order valence-electron chi connectivity index (χ2n) is 4.01. The zero-order valence-corrected chi connectivity index (χ0v) is 10.8. The first-order chi connectivity index (χ1) is 7.71. The van der Waals surface area contributed by atoms with Crippen molar-refractivity contribution in [3.63, 3.8) is 0 Å². The number of hydrogen-bond acceptors (Lipinski definition) is 3. The Morgan fingerprint density at radius 2 is 2.25 bits per heavy atom. The number of hydrogen-bond donors (Lipinski definition) is 1. The summed E-state index contributed by atoms with van der Waals surface area (Å²) in [4.78, 5) is 0. The van der Waals surface area contributed by atoms with Crippen LogP contribution in [0.25, 0.3) is 0 Å². The van der Waals surface area contributed by atoms with Crippen molar-refractivity contribution in [3.05, 3.63) is 17.5 Å². The predicted octanol–water partition coefficient (Wildman–Crippen LogP) is 1.38. The van der Waals surface area contributed by atoms with Gasteiger partial charge in [-0.1, -0.05) is 6.92 Å². The SMILES string of the molecule is CCNC(COC)Cc1cc(C)nn1CC. The Balaban J connectivity index is 2.67. The number of rotatable bonds is 7. The molecule has 4 heteroatoms. The summed E-state index contributed by atoms with van der Waals surface area (Å²) in [5.41, 5.74) is 2.37. The topological polar surface area (TPSA) is 39.1 Å². The predicted molar refractivity (Wildman–Crippen MR) is 65.7 cm³/mol. The van der Waals surface area contributed by atoms with E-state index in [1.165, 1.54) is 5.69 Å². The quantitative estimate of drug-likeness (QED) is 0.762. The lowest BCUT2D eigenvalue weighted by Gasteiger charge is -2.17. The summed E-state index contributed by atoms with van der Waals surface area (Å²) in [5.74, 6) is 0. The summed E-state index contributed by atoms with van der Waals surface area (Å²) >= 11 is 0. The van der Waals surface area contributed by atoms with Crippen molar-refractivity contribution in [3.8, 4) is 0 Å². The largest absolute Gasteiger partial charge is 0.383 e. The van der Waals surface area contributed by atoms with Gasteiger partial charge in [-0.25, -0.2) is 0 Å². The van der Waals surface area contributed by atoms with Crippen molar-refractivity contribution in [1.29, 1.82) is 0 Å². The zero-order chi connectivity index (χ0) is 12.0. The fourth-order valence-corrected chi connectivity index (χ4v) is 1.97. The second kappa shape index (κ2) is 6.66. The molecule has 1 aromatic rings. The maximum absolute atomic E-state index is 5.22. The van der Waals surface area contributed by atoms with Gasteiger partial charge in [-0.2, -0.15) is 5.10 Å². The van der Waals surface area contributed by atoms with Gasteiger partial charge in [0.2, 0.25) is 0 Å². The number of methoxy groups -OCH3 is 1. The Bertz CT molecular complexity index is 303. The van der Waals surface area contributed by atoms with Gasteiger partial charge in [-0.3, -0.25) is 4.68 Å². The third-order valence-corrected chi connectivity index (χ3v) is 2.60. The summed E-state index contributed by atoms with van der Waals surface area (Å²) in [6.07, 6.45) is 0.969. The van der Waals surface area contributed by atoms with Crippen molar-refractivity contribution < 1.29 is 4.74 Å². The Hall–Kier alpha value is -0.870. The molecule has 0 saturated heterocycles. The minimum Gasteiger partial charge on any atom is -0.383 e. The molecule has 0 aliphatic heterocycles. The molecule has 0 aromatic carbocycles. The van der Waals surface area contributed by atoms with E-state index >= 15 is 0 Å². The Morgan fingerprint density at radius 1 is 1.50 bits per heavy atom. The third-order valence-electron chi connectivity index (χ3n) is 2.60. The average Bonchev–Trinajstić information content (AvgIpc) is 2.59. The molecule has 0 bridgehead atoms. The molecule has 0 radical (unpaired) electrons. The third kappa shape index (κ3) is 3.61. The molecule has 0 aliphatic rings. The summed E-state index contributed by atoms with van der Waals surface area (Å²) in [6, 6.07) is 2.53. The van der Waals surface area contributed by atoms with Crippen LogP contribution in [0.3, 0.4) is 0 Å². The molecule has 92 valence electrons. The van der Waals surface area contributed by atoms with Crippen LogP contribution in [-0.4, -0.2) is 36.1 Å². The Kier molecular flexibility index (Phi) is 5.49. The number of nitrogens with zero attached hydrogens (tertiary/aromatic N) is 2. The first kappa shape index (κ1) is 13.2. The van der Waals surface area contributed by atoms with E-state index in [2.05, 4.69) is 35.0 Å². The molecule has 1 rings (SSSR count). The van der Waals surface area contributed by atoms with Gasteiger partial charge in [0.15, 0.2) is 0 Å². The Labute approximate surface area is 98.0 Å². The van der Waals surface area contributed by atoms with E-state index in [0.29, 0.717) is 6.04 Å². The molecule has 4 nitrogen and oxygen atoms in total. The lowest BCUT2D eigenvalue weighted by atomic mass is 10.1. The molecule has 1 atom stereocenters. The second-order valence-corrected chi connectivity index (χ2v) is 4.01. The lowest BCUT2D eigenvalue weighted by molar-refractivity contribution is 0.166. The summed E-state index contributed by atoms with van der Waals surface area (Å²) < 4.78 is 7.28.